The second-order valence-corrected chi connectivity index (χ2v) is 6.05. The summed E-state index contributed by atoms with van der Waals surface area (Å²) in [6, 6.07) is 0.462. The number of fused-ring (bicyclic) bond motifs is 1. The molecule has 1 aromatic rings. The van der Waals surface area contributed by atoms with E-state index in [2.05, 4.69) is 28.0 Å². The average molecular weight is 314 g/mol. The molecule has 1 saturated carbocycles. The van der Waals surface area contributed by atoms with Crippen LogP contribution in [-0.2, 0) is 11.3 Å². The van der Waals surface area contributed by atoms with Gasteiger partial charge >= 0.3 is 0 Å². The molecular formula is C18H26N4O. The molecule has 5 nitrogen and oxygen atoms in total. The molecule has 0 unspecified atom stereocenters. The molecule has 0 bridgehead atoms. The zero-order valence-electron chi connectivity index (χ0n) is 14.2. The maximum Gasteiger partial charge on any atom is 0.242 e. The number of carbonyl (C=O) groups excluding carboxylic acids is 1. The second kappa shape index (κ2) is 7.90. The summed E-state index contributed by atoms with van der Waals surface area (Å²) in [7, 11) is 1.85. The van der Waals surface area contributed by atoms with Gasteiger partial charge in [-0.3, -0.25) is 4.79 Å². The van der Waals surface area contributed by atoms with Gasteiger partial charge in [0.2, 0.25) is 5.91 Å². The number of allylic oxidation sites excluding steroid dienone is 2. The molecule has 5 heteroatoms. The van der Waals surface area contributed by atoms with Gasteiger partial charge in [0, 0.05) is 24.8 Å². The zero-order chi connectivity index (χ0) is 16.8. The molecule has 0 aromatic carbocycles. The zero-order valence-corrected chi connectivity index (χ0v) is 14.2. The summed E-state index contributed by atoms with van der Waals surface area (Å²) in [4.78, 5) is 25.0. The number of carbonyl (C=O) groups is 1. The highest BCUT2D eigenvalue weighted by molar-refractivity contribution is 5.82. The fourth-order valence-corrected chi connectivity index (χ4v) is 3.05. The van der Waals surface area contributed by atoms with Crippen LogP contribution in [0.5, 0.6) is 0 Å². The predicted molar refractivity (Wildman–Crippen MR) is 93.2 cm³/mol. The molecule has 23 heavy (non-hydrogen) atoms. The van der Waals surface area contributed by atoms with Crippen LogP contribution in [0.1, 0.15) is 37.1 Å². The van der Waals surface area contributed by atoms with Crippen molar-refractivity contribution in [1.29, 1.82) is 0 Å². The molecule has 0 radical (unpaired) electrons. The Kier molecular flexibility index (Phi) is 5.90. The lowest BCUT2D eigenvalue weighted by Crippen LogP contribution is -2.40. The molecule has 1 amide bonds. The van der Waals surface area contributed by atoms with Crippen LogP contribution >= 0.6 is 0 Å². The summed E-state index contributed by atoms with van der Waals surface area (Å²) >= 11 is 0. The van der Waals surface area contributed by atoms with Crippen LogP contribution in [0, 0.1) is 6.92 Å². The van der Waals surface area contributed by atoms with Gasteiger partial charge in [0.05, 0.1) is 13.1 Å². The Balaban J connectivity index is 0.000000433. The lowest BCUT2D eigenvalue weighted by molar-refractivity contribution is -0.128. The summed E-state index contributed by atoms with van der Waals surface area (Å²) in [5.41, 5.74) is 1.06. The Morgan fingerprint density at radius 2 is 1.87 bits per heavy atom. The minimum absolute atomic E-state index is 0.169. The fraction of sp³-hybridized carbons (Fsp3) is 0.500. The number of amides is 1. The molecule has 1 aromatic heterocycles. The minimum atomic E-state index is 0.169. The molecular weight excluding hydrogens is 288 g/mol. The van der Waals surface area contributed by atoms with Crippen LogP contribution in [-0.4, -0.2) is 40.4 Å². The number of hydrogen-bond donors (Lipinski definition) is 0. The highest BCUT2D eigenvalue weighted by atomic mass is 16.2. The van der Waals surface area contributed by atoms with Crippen LogP contribution in [0.3, 0.4) is 0 Å². The van der Waals surface area contributed by atoms with Crippen molar-refractivity contribution in [2.75, 3.05) is 18.5 Å². The van der Waals surface area contributed by atoms with E-state index in [-0.39, 0.29) is 5.91 Å². The van der Waals surface area contributed by atoms with Gasteiger partial charge in [-0.15, -0.1) is 0 Å². The van der Waals surface area contributed by atoms with Gasteiger partial charge in [-0.2, -0.15) is 0 Å². The topological polar surface area (TPSA) is 49.3 Å². The van der Waals surface area contributed by atoms with Crippen LogP contribution in [0.4, 0.5) is 5.82 Å². The van der Waals surface area contributed by atoms with Crippen LogP contribution in [0.25, 0.3) is 0 Å². The number of anilines is 1. The van der Waals surface area contributed by atoms with Gasteiger partial charge < -0.3 is 9.80 Å². The van der Waals surface area contributed by atoms with Gasteiger partial charge in [0.15, 0.2) is 0 Å². The molecule has 2 aliphatic rings. The van der Waals surface area contributed by atoms with Gasteiger partial charge in [-0.1, -0.05) is 38.2 Å². The Morgan fingerprint density at radius 3 is 2.48 bits per heavy atom. The number of aryl methyl sites for hydroxylation is 1. The maximum atomic E-state index is 12.2. The standard InChI is InChI=1S/C14H20N4O.C4H6/c1-10-15-7-11-8-17(2)13(19)9-18(14(11)16-10)12-5-3-4-6-12;1-3-4-2/h7,12H,3-6,8-9H2,1-2H3;3-4H,1-2H2. The van der Waals surface area contributed by atoms with E-state index in [4.69, 9.17) is 0 Å². The summed E-state index contributed by atoms with van der Waals surface area (Å²) in [6.45, 7) is 9.69. The molecule has 0 spiro atoms. The van der Waals surface area contributed by atoms with E-state index in [1.807, 2.05) is 20.2 Å². The number of aromatic nitrogens is 2. The average Bonchev–Trinajstić information content (AvgIpc) is 3.04. The summed E-state index contributed by atoms with van der Waals surface area (Å²) in [5.74, 6) is 1.92. The molecule has 1 aliphatic heterocycles. The highest BCUT2D eigenvalue weighted by Gasteiger charge is 2.31. The molecule has 2 heterocycles. The third-order valence-corrected chi connectivity index (χ3v) is 4.31. The minimum Gasteiger partial charge on any atom is -0.344 e. The first-order valence-corrected chi connectivity index (χ1v) is 8.13. The van der Waals surface area contributed by atoms with E-state index >= 15 is 0 Å². The van der Waals surface area contributed by atoms with E-state index in [1.54, 1.807) is 17.1 Å². The van der Waals surface area contributed by atoms with Crippen molar-refractivity contribution in [2.45, 2.75) is 45.2 Å². The third-order valence-electron chi connectivity index (χ3n) is 4.31. The van der Waals surface area contributed by atoms with E-state index < -0.39 is 0 Å². The quantitative estimate of drug-likeness (QED) is 0.788. The van der Waals surface area contributed by atoms with Crippen molar-refractivity contribution in [1.82, 2.24) is 14.9 Å². The van der Waals surface area contributed by atoms with Crippen LogP contribution in [0.2, 0.25) is 0 Å². The smallest absolute Gasteiger partial charge is 0.242 e. The van der Waals surface area contributed by atoms with Crippen LogP contribution in [0.15, 0.2) is 31.5 Å². The van der Waals surface area contributed by atoms with Gasteiger partial charge in [0.1, 0.15) is 11.6 Å². The Hall–Kier alpha value is -2.17. The lowest BCUT2D eigenvalue weighted by atomic mass is 10.2. The summed E-state index contributed by atoms with van der Waals surface area (Å²) in [6.07, 6.45) is 9.99. The number of nitrogens with zero attached hydrogens (tertiary/aromatic N) is 4. The molecule has 3 rings (SSSR count). The third kappa shape index (κ3) is 4.18. The van der Waals surface area contributed by atoms with Gasteiger partial charge in [0.25, 0.3) is 0 Å². The fourth-order valence-electron chi connectivity index (χ4n) is 3.05. The van der Waals surface area contributed by atoms with Crippen molar-refractivity contribution >= 4 is 11.7 Å². The largest absolute Gasteiger partial charge is 0.344 e. The monoisotopic (exact) mass is 314 g/mol. The van der Waals surface area contributed by atoms with E-state index in [0.29, 0.717) is 19.1 Å². The second-order valence-electron chi connectivity index (χ2n) is 6.05. The first kappa shape index (κ1) is 17.2. The van der Waals surface area contributed by atoms with Crippen molar-refractivity contribution in [3.8, 4) is 0 Å². The van der Waals surface area contributed by atoms with Crippen molar-refractivity contribution in [3.05, 3.63) is 42.9 Å². The van der Waals surface area contributed by atoms with E-state index in [1.165, 1.54) is 25.7 Å². The predicted octanol–water partition coefficient (Wildman–Crippen LogP) is 2.86. The van der Waals surface area contributed by atoms with E-state index in [9.17, 15) is 4.79 Å². The first-order valence-electron chi connectivity index (χ1n) is 8.13. The summed E-state index contributed by atoms with van der Waals surface area (Å²) in [5, 5.41) is 0. The molecule has 0 saturated heterocycles. The van der Waals surface area contributed by atoms with Crippen molar-refractivity contribution in [3.63, 3.8) is 0 Å². The lowest BCUT2D eigenvalue weighted by Gasteiger charge is -2.29. The van der Waals surface area contributed by atoms with Crippen molar-refractivity contribution < 1.29 is 4.79 Å². The number of likely N-dealkylation sites (N-methyl/N-ethyl adjacent to an activating group) is 1. The number of rotatable bonds is 2. The summed E-state index contributed by atoms with van der Waals surface area (Å²) < 4.78 is 0. The van der Waals surface area contributed by atoms with Gasteiger partial charge in [-0.25, -0.2) is 9.97 Å². The maximum absolute atomic E-state index is 12.2. The SMILES string of the molecule is C=CC=C.Cc1ncc2c(n1)N(C1CCCC1)CC(=O)N(C)C2. The Bertz CT molecular complexity index is 572. The molecule has 124 valence electrons. The first-order chi connectivity index (χ1) is 11.1. The molecule has 0 atom stereocenters. The highest BCUT2D eigenvalue weighted by Crippen LogP contribution is 2.31. The van der Waals surface area contributed by atoms with Crippen LogP contribution < -0.4 is 4.90 Å². The Morgan fingerprint density at radius 1 is 1.22 bits per heavy atom. The molecule has 1 aliphatic carbocycles. The normalized spacial score (nSPS) is 17.9. The molecule has 1 fully saturated rings. The van der Waals surface area contributed by atoms with E-state index in [0.717, 1.165) is 17.2 Å². The van der Waals surface area contributed by atoms with Gasteiger partial charge in [-0.05, 0) is 19.8 Å². The molecule has 0 N–H and O–H groups in total. The Labute approximate surface area is 138 Å². The number of hydrogen-bond acceptors (Lipinski definition) is 4. The van der Waals surface area contributed by atoms with Crippen molar-refractivity contribution in [2.24, 2.45) is 0 Å².